The van der Waals surface area contributed by atoms with Crippen LogP contribution in [-0.2, 0) is 6.42 Å². The molecule has 0 aromatic heterocycles. The Bertz CT molecular complexity index is 296. The lowest BCUT2D eigenvalue weighted by molar-refractivity contribution is 0.829. The molecule has 14 heavy (non-hydrogen) atoms. The summed E-state index contributed by atoms with van der Waals surface area (Å²) in [7, 11) is 0. The summed E-state index contributed by atoms with van der Waals surface area (Å²) in [5, 5.41) is 3.12. The van der Waals surface area contributed by atoms with Gasteiger partial charge in [0.2, 0.25) is 0 Å². The summed E-state index contributed by atoms with van der Waals surface area (Å²) in [5.74, 6) is 0. The Morgan fingerprint density at radius 1 is 1.21 bits per heavy atom. The van der Waals surface area contributed by atoms with Crippen LogP contribution in [0.1, 0.15) is 16.7 Å². The molecular weight excluding hydrogens is 172 g/mol. The third-order valence-corrected chi connectivity index (χ3v) is 2.05. The Morgan fingerprint density at radius 2 is 1.86 bits per heavy atom. The fraction of sp³-hybridized carbons (Fsp3) is 0.333. The van der Waals surface area contributed by atoms with Crippen LogP contribution in [-0.4, -0.2) is 6.54 Å². The first kappa shape index (κ1) is 10.6. The van der Waals surface area contributed by atoms with Gasteiger partial charge in [-0.05, 0) is 25.8 Å². The summed E-state index contributed by atoms with van der Waals surface area (Å²) < 4.78 is 0. The molecule has 0 atom stereocenters. The molecule has 0 aliphatic rings. The van der Waals surface area contributed by atoms with Gasteiger partial charge in [-0.1, -0.05) is 29.3 Å². The third-order valence-electron chi connectivity index (χ3n) is 2.05. The molecule has 2 heteroatoms. The van der Waals surface area contributed by atoms with Crippen molar-refractivity contribution in [3.8, 4) is 0 Å². The van der Waals surface area contributed by atoms with E-state index in [0.29, 0.717) is 0 Å². The lowest BCUT2D eigenvalue weighted by Gasteiger charge is -2.04. The average molecular weight is 190 g/mol. The molecule has 0 radical (unpaired) electrons. The SMILES string of the molecule is Cc1cc(C)cc(CCN/C=C\N)c1. The number of rotatable bonds is 4. The Kier molecular flexibility index (Phi) is 4.05. The van der Waals surface area contributed by atoms with Crippen molar-refractivity contribution in [1.29, 1.82) is 0 Å². The summed E-state index contributed by atoms with van der Waals surface area (Å²) in [6.07, 6.45) is 4.32. The van der Waals surface area contributed by atoms with Gasteiger partial charge in [0.15, 0.2) is 0 Å². The second-order valence-electron chi connectivity index (χ2n) is 3.56. The van der Waals surface area contributed by atoms with Gasteiger partial charge in [-0.3, -0.25) is 0 Å². The van der Waals surface area contributed by atoms with E-state index in [2.05, 4.69) is 37.4 Å². The van der Waals surface area contributed by atoms with Crippen LogP contribution in [0.25, 0.3) is 0 Å². The summed E-state index contributed by atoms with van der Waals surface area (Å²) in [5.41, 5.74) is 9.24. The maximum absolute atomic E-state index is 5.21. The fourth-order valence-electron chi connectivity index (χ4n) is 1.58. The number of benzene rings is 1. The van der Waals surface area contributed by atoms with Crippen molar-refractivity contribution in [2.45, 2.75) is 20.3 Å². The van der Waals surface area contributed by atoms with Gasteiger partial charge in [0, 0.05) is 18.9 Å². The first-order valence-electron chi connectivity index (χ1n) is 4.89. The molecule has 0 saturated heterocycles. The van der Waals surface area contributed by atoms with Crippen LogP contribution in [0.2, 0.25) is 0 Å². The molecule has 0 unspecified atom stereocenters. The molecule has 0 aliphatic carbocycles. The molecular formula is C12H18N2. The van der Waals surface area contributed by atoms with E-state index in [-0.39, 0.29) is 0 Å². The summed E-state index contributed by atoms with van der Waals surface area (Å²) in [4.78, 5) is 0. The van der Waals surface area contributed by atoms with E-state index in [1.807, 2.05) is 0 Å². The van der Waals surface area contributed by atoms with Gasteiger partial charge in [0.1, 0.15) is 0 Å². The number of aryl methyl sites for hydroxylation is 2. The molecule has 0 heterocycles. The summed E-state index contributed by atoms with van der Waals surface area (Å²) in [6, 6.07) is 6.64. The standard InChI is InChI=1S/C12H18N2/c1-10-7-11(2)9-12(8-10)3-5-14-6-4-13/h4,6-9,14H,3,5,13H2,1-2H3/b6-4-. The van der Waals surface area contributed by atoms with E-state index in [0.717, 1.165) is 13.0 Å². The van der Waals surface area contributed by atoms with Crippen molar-refractivity contribution in [1.82, 2.24) is 5.32 Å². The van der Waals surface area contributed by atoms with Crippen molar-refractivity contribution in [2.24, 2.45) is 5.73 Å². The normalized spacial score (nSPS) is 10.7. The lowest BCUT2D eigenvalue weighted by atomic mass is 10.1. The maximum atomic E-state index is 5.21. The van der Waals surface area contributed by atoms with Gasteiger partial charge in [-0.15, -0.1) is 0 Å². The van der Waals surface area contributed by atoms with Crippen molar-refractivity contribution < 1.29 is 0 Å². The summed E-state index contributed by atoms with van der Waals surface area (Å²) in [6.45, 7) is 5.18. The molecule has 3 N–H and O–H groups in total. The van der Waals surface area contributed by atoms with Crippen LogP contribution in [0.5, 0.6) is 0 Å². The number of hydrogen-bond acceptors (Lipinski definition) is 2. The molecule has 0 spiro atoms. The van der Waals surface area contributed by atoms with Gasteiger partial charge in [0.05, 0.1) is 0 Å². The predicted molar refractivity (Wildman–Crippen MR) is 61.0 cm³/mol. The quantitative estimate of drug-likeness (QED) is 0.711. The van der Waals surface area contributed by atoms with Gasteiger partial charge >= 0.3 is 0 Å². The molecule has 0 aliphatic heterocycles. The van der Waals surface area contributed by atoms with Gasteiger partial charge in [0.25, 0.3) is 0 Å². The number of nitrogens with one attached hydrogen (secondary N) is 1. The highest BCUT2D eigenvalue weighted by Crippen LogP contribution is 2.08. The van der Waals surface area contributed by atoms with Crippen LogP contribution in [0.3, 0.4) is 0 Å². The molecule has 1 rings (SSSR count). The Morgan fingerprint density at radius 3 is 2.43 bits per heavy atom. The largest absolute Gasteiger partial charge is 0.403 e. The van der Waals surface area contributed by atoms with Crippen molar-refractivity contribution >= 4 is 0 Å². The minimum atomic E-state index is 0.927. The predicted octanol–water partition coefficient (Wildman–Crippen LogP) is 1.87. The minimum Gasteiger partial charge on any atom is -0.403 e. The van der Waals surface area contributed by atoms with Crippen LogP contribution < -0.4 is 11.1 Å². The van der Waals surface area contributed by atoms with Crippen molar-refractivity contribution in [3.05, 3.63) is 47.3 Å². The smallest absolute Gasteiger partial charge is 0.0182 e. The highest BCUT2D eigenvalue weighted by atomic mass is 14.8. The fourth-order valence-corrected chi connectivity index (χ4v) is 1.58. The zero-order valence-electron chi connectivity index (χ0n) is 8.88. The average Bonchev–Trinajstić information content (AvgIpc) is 2.11. The topological polar surface area (TPSA) is 38.0 Å². The second-order valence-corrected chi connectivity index (χ2v) is 3.56. The van der Waals surface area contributed by atoms with Gasteiger partial charge in [-0.2, -0.15) is 0 Å². The highest BCUT2D eigenvalue weighted by molar-refractivity contribution is 5.28. The number of nitrogens with two attached hydrogens (primary N) is 1. The molecule has 1 aromatic carbocycles. The van der Waals surface area contributed by atoms with Gasteiger partial charge < -0.3 is 11.1 Å². The van der Waals surface area contributed by atoms with Crippen molar-refractivity contribution in [2.75, 3.05) is 6.54 Å². The lowest BCUT2D eigenvalue weighted by Crippen LogP contribution is -2.10. The highest BCUT2D eigenvalue weighted by Gasteiger charge is 1.94. The zero-order chi connectivity index (χ0) is 10.4. The molecule has 0 amide bonds. The molecule has 0 fully saturated rings. The zero-order valence-corrected chi connectivity index (χ0v) is 8.88. The second kappa shape index (κ2) is 5.32. The van der Waals surface area contributed by atoms with Crippen LogP contribution in [0, 0.1) is 13.8 Å². The van der Waals surface area contributed by atoms with E-state index < -0.39 is 0 Å². The summed E-state index contributed by atoms with van der Waals surface area (Å²) >= 11 is 0. The van der Waals surface area contributed by atoms with E-state index in [4.69, 9.17) is 5.73 Å². The van der Waals surface area contributed by atoms with Crippen LogP contribution in [0.4, 0.5) is 0 Å². The first-order valence-corrected chi connectivity index (χ1v) is 4.89. The molecule has 2 nitrogen and oxygen atoms in total. The monoisotopic (exact) mass is 190 g/mol. The number of hydrogen-bond donors (Lipinski definition) is 2. The van der Waals surface area contributed by atoms with Crippen LogP contribution in [0.15, 0.2) is 30.6 Å². The Balaban J connectivity index is 2.50. The Labute approximate surface area is 85.8 Å². The minimum absolute atomic E-state index is 0.927. The van der Waals surface area contributed by atoms with Crippen molar-refractivity contribution in [3.63, 3.8) is 0 Å². The van der Waals surface area contributed by atoms with Crippen LogP contribution >= 0.6 is 0 Å². The van der Waals surface area contributed by atoms with E-state index in [1.165, 1.54) is 22.9 Å². The van der Waals surface area contributed by atoms with E-state index in [9.17, 15) is 0 Å². The first-order chi connectivity index (χ1) is 6.72. The van der Waals surface area contributed by atoms with E-state index >= 15 is 0 Å². The van der Waals surface area contributed by atoms with Gasteiger partial charge in [-0.25, -0.2) is 0 Å². The molecule has 0 bridgehead atoms. The molecule has 0 saturated carbocycles. The molecule has 1 aromatic rings. The Hall–Kier alpha value is -1.44. The molecule has 76 valence electrons. The third kappa shape index (κ3) is 3.52. The van der Waals surface area contributed by atoms with E-state index in [1.54, 1.807) is 6.20 Å². The maximum Gasteiger partial charge on any atom is 0.0182 e.